The fraction of sp³-hybridized carbons (Fsp3) is 0.636. The first kappa shape index (κ1) is 16.2. The van der Waals surface area contributed by atoms with Gasteiger partial charge < -0.3 is 4.90 Å². The molecule has 0 fully saturated rings. The molecule has 0 aliphatic carbocycles. The fourth-order valence-electron chi connectivity index (χ4n) is 1.50. The largest absolute Gasteiger partial charge is 0.340 e. The van der Waals surface area contributed by atoms with E-state index in [1.54, 1.807) is 6.92 Å². The van der Waals surface area contributed by atoms with Gasteiger partial charge in [0.25, 0.3) is 0 Å². The van der Waals surface area contributed by atoms with E-state index in [1.807, 2.05) is 11.8 Å². The number of rotatable bonds is 5. The van der Waals surface area contributed by atoms with Gasteiger partial charge in [0.15, 0.2) is 5.82 Å². The molecule has 0 aliphatic heterocycles. The molecule has 0 amide bonds. The standard InChI is InChI=1S/C11H14Cl3N5/c1-3-6-19(7-4-5-15)10-17-8(2)16-9(18-10)11(12,13)14/h3-4,6-7H2,1-2H3. The molecule has 0 aliphatic rings. The summed E-state index contributed by atoms with van der Waals surface area (Å²) in [6.45, 7) is 5.00. The summed E-state index contributed by atoms with van der Waals surface area (Å²) in [5, 5.41) is 8.68. The van der Waals surface area contributed by atoms with Crippen LogP contribution in [0.2, 0.25) is 0 Å². The molecule has 1 aromatic heterocycles. The van der Waals surface area contributed by atoms with Crippen LogP contribution in [0.25, 0.3) is 0 Å². The molecule has 0 bridgehead atoms. The lowest BCUT2D eigenvalue weighted by Gasteiger charge is -2.22. The van der Waals surface area contributed by atoms with Crippen LogP contribution in [0.1, 0.15) is 31.4 Å². The summed E-state index contributed by atoms with van der Waals surface area (Å²) < 4.78 is -1.68. The maximum Gasteiger partial charge on any atom is 0.250 e. The molecule has 1 aromatic rings. The van der Waals surface area contributed by atoms with Gasteiger partial charge in [0.05, 0.1) is 12.5 Å². The van der Waals surface area contributed by atoms with Crippen LogP contribution in [-0.2, 0) is 3.79 Å². The van der Waals surface area contributed by atoms with Gasteiger partial charge >= 0.3 is 0 Å². The highest BCUT2D eigenvalue weighted by molar-refractivity contribution is 6.66. The topological polar surface area (TPSA) is 65.7 Å². The van der Waals surface area contributed by atoms with E-state index >= 15 is 0 Å². The van der Waals surface area contributed by atoms with Gasteiger partial charge in [-0.2, -0.15) is 15.2 Å². The van der Waals surface area contributed by atoms with Crippen molar-refractivity contribution in [3.05, 3.63) is 11.6 Å². The van der Waals surface area contributed by atoms with Crippen LogP contribution in [0.5, 0.6) is 0 Å². The Morgan fingerprint density at radius 3 is 2.42 bits per heavy atom. The summed E-state index contributed by atoms with van der Waals surface area (Å²) in [5.41, 5.74) is 0. The summed E-state index contributed by atoms with van der Waals surface area (Å²) in [5.74, 6) is 1.01. The smallest absolute Gasteiger partial charge is 0.250 e. The molecule has 19 heavy (non-hydrogen) atoms. The molecule has 0 saturated heterocycles. The normalized spacial score (nSPS) is 11.2. The Balaban J connectivity index is 3.09. The minimum absolute atomic E-state index is 0.0954. The number of anilines is 1. The van der Waals surface area contributed by atoms with E-state index in [0.717, 1.165) is 13.0 Å². The molecule has 1 heterocycles. The van der Waals surface area contributed by atoms with Crippen molar-refractivity contribution in [2.75, 3.05) is 18.0 Å². The van der Waals surface area contributed by atoms with Crippen LogP contribution < -0.4 is 4.90 Å². The summed E-state index contributed by atoms with van der Waals surface area (Å²) in [6, 6.07) is 2.09. The maximum absolute atomic E-state index is 8.68. The lowest BCUT2D eigenvalue weighted by Crippen LogP contribution is -2.28. The van der Waals surface area contributed by atoms with E-state index < -0.39 is 3.79 Å². The van der Waals surface area contributed by atoms with Crippen molar-refractivity contribution in [1.29, 1.82) is 5.26 Å². The Kier molecular flexibility index (Phi) is 6.05. The maximum atomic E-state index is 8.68. The zero-order chi connectivity index (χ0) is 14.5. The first-order valence-electron chi connectivity index (χ1n) is 5.80. The third-order valence-electron chi connectivity index (χ3n) is 2.26. The molecule has 0 N–H and O–H groups in total. The molecule has 0 unspecified atom stereocenters. The van der Waals surface area contributed by atoms with Gasteiger partial charge in [-0.05, 0) is 13.3 Å². The van der Waals surface area contributed by atoms with Crippen LogP contribution in [0, 0.1) is 18.3 Å². The van der Waals surface area contributed by atoms with Crippen molar-refractivity contribution in [3.63, 3.8) is 0 Å². The highest BCUT2D eigenvalue weighted by Gasteiger charge is 2.28. The third kappa shape index (κ3) is 4.98. The molecule has 104 valence electrons. The van der Waals surface area contributed by atoms with Crippen molar-refractivity contribution in [3.8, 4) is 6.07 Å². The molecule has 0 radical (unpaired) electrons. The Morgan fingerprint density at radius 2 is 1.89 bits per heavy atom. The summed E-state index contributed by atoms with van der Waals surface area (Å²) in [4.78, 5) is 14.3. The zero-order valence-corrected chi connectivity index (χ0v) is 13.0. The van der Waals surface area contributed by atoms with Gasteiger partial charge in [-0.1, -0.05) is 41.7 Å². The molecule has 8 heteroatoms. The van der Waals surface area contributed by atoms with E-state index in [-0.39, 0.29) is 5.82 Å². The zero-order valence-electron chi connectivity index (χ0n) is 10.7. The second-order valence-corrected chi connectivity index (χ2v) is 6.18. The molecule has 5 nitrogen and oxygen atoms in total. The van der Waals surface area contributed by atoms with Crippen LogP contribution in [0.4, 0.5) is 5.95 Å². The number of nitrogens with zero attached hydrogens (tertiary/aromatic N) is 5. The van der Waals surface area contributed by atoms with Gasteiger partial charge in [0, 0.05) is 13.1 Å². The van der Waals surface area contributed by atoms with E-state index in [2.05, 4.69) is 21.0 Å². The Bertz CT molecular complexity index is 466. The van der Waals surface area contributed by atoms with Crippen molar-refractivity contribution in [2.24, 2.45) is 0 Å². The van der Waals surface area contributed by atoms with Gasteiger partial charge in [0.2, 0.25) is 9.74 Å². The van der Waals surface area contributed by atoms with Gasteiger partial charge in [0.1, 0.15) is 5.82 Å². The highest BCUT2D eigenvalue weighted by atomic mass is 35.6. The molecule has 0 aromatic carbocycles. The third-order valence-corrected chi connectivity index (χ3v) is 2.77. The van der Waals surface area contributed by atoms with Crippen molar-refractivity contribution >= 4 is 40.8 Å². The number of aromatic nitrogens is 3. The Hall–Kier alpha value is -0.830. The minimum atomic E-state index is -1.68. The molecular weight excluding hydrogens is 309 g/mol. The van der Waals surface area contributed by atoms with E-state index in [0.29, 0.717) is 24.7 Å². The lowest BCUT2D eigenvalue weighted by molar-refractivity contribution is 0.722. The minimum Gasteiger partial charge on any atom is -0.340 e. The SMILES string of the molecule is CCCN(CCC#N)c1nc(C)nc(C(Cl)(Cl)Cl)n1. The molecule has 0 spiro atoms. The first-order valence-corrected chi connectivity index (χ1v) is 6.93. The molecule has 1 rings (SSSR count). The van der Waals surface area contributed by atoms with Gasteiger partial charge in [-0.25, -0.2) is 4.98 Å². The van der Waals surface area contributed by atoms with Gasteiger partial charge in [-0.15, -0.1) is 0 Å². The van der Waals surface area contributed by atoms with E-state index in [9.17, 15) is 0 Å². The summed E-state index contributed by atoms with van der Waals surface area (Å²) in [6.07, 6.45) is 1.28. The number of halogens is 3. The number of alkyl halides is 3. The number of nitriles is 1. The van der Waals surface area contributed by atoms with Crippen LogP contribution in [0.3, 0.4) is 0 Å². The average Bonchev–Trinajstić information content (AvgIpc) is 2.32. The van der Waals surface area contributed by atoms with E-state index in [1.165, 1.54) is 0 Å². The van der Waals surface area contributed by atoms with Crippen molar-refractivity contribution in [2.45, 2.75) is 30.5 Å². The second-order valence-electron chi connectivity index (χ2n) is 3.90. The number of hydrogen-bond donors (Lipinski definition) is 0. The summed E-state index contributed by atoms with van der Waals surface area (Å²) >= 11 is 17.4. The Labute approximate surface area is 127 Å². The number of aryl methyl sites for hydroxylation is 1. The van der Waals surface area contributed by atoms with Gasteiger partial charge in [-0.3, -0.25) is 0 Å². The summed E-state index contributed by atoms with van der Waals surface area (Å²) in [7, 11) is 0. The number of hydrogen-bond acceptors (Lipinski definition) is 5. The van der Waals surface area contributed by atoms with Crippen LogP contribution in [-0.4, -0.2) is 28.0 Å². The molecule has 0 saturated carbocycles. The lowest BCUT2D eigenvalue weighted by atomic mass is 10.3. The van der Waals surface area contributed by atoms with Crippen molar-refractivity contribution < 1.29 is 0 Å². The molecular formula is C11H14Cl3N5. The van der Waals surface area contributed by atoms with E-state index in [4.69, 9.17) is 40.1 Å². The van der Waals surface area contributed by atoms with Crippen LogP contribution in [0.15, 0.2) is 0 Å². The average molecular weight is 323 g/mol. The first-order chi connectivity index (χ1) is 8.88. The van der Waals surface area contributed by atoms with Crippen LogP contribution >= 0.6 is 34.8 Å². The Morgan fingerprint density at radius 1 is 1.21 bits per heavy atom. The van der Waals surface area contributed by atoms with Crippen molar-refractivity contribution in [1.82, 2.24) is 15.0 Å². The highest BCUT2D eigenvalue weighted by Crippen LogP contribution is 2.36. The molecule has 0 atom stereocenters. The predicted molar refractivity (Wildman–Crippen MR) is 76.5 cm³/mol. The second kappa shape index (κ2) is 7.09. The fourth-order valence-corrected chi connectivity index (χ4v) is 1.76. The predicted octanol–water partition coefficient (Wildman–Crippen LogP) is 3.14. The quantitative estimate of drug-likeness (QED) is 0.779. The monoisotopic (exact) mass is 321 g/mol.